The smallest absolute Gasteiger partial charge is 0.218 e. The Kier molecular flexibility index (Phi) is 4.63. The molecule has 1 aromatic heterocycles. The Balaban J connectivity index is 1.59. The highest BCUT2D eigenvalue weighted by Crippen LogP contribution is 2.30. The maximum atomic E-state index is 5.85. The molecule has 2 N–H and O–H groups in total. The second-order valence-corrected chi connectivity index (χ2v) is 6.28. The lowest BCUT2D eigenvalue weighted by atomic mass is 10.2. The van der Waals surface area contributed by atoms with Crippen molar-refractivity contribution in [3.63, 3.8) is 0 Å². The van der Waals surface area contributed by atoms with Gasteiger partial charge >= 0.3 is 0 Å². The second kappa shape index (κ2) is 6.66. The van der Waals surface area contributed by atoms with Crippen LogP contribution in [0.3, 0.4) is 0 Å². The predicted octanol–water partition coefficient (Wildman–Crippen LogP) is 2.38. The number of para-hydroxylation sites is 1. The van der Waals surface area contributed by atoms with Gasteiger partial charge in [0.25, 0.3) is 0 Å². The van der Waals surface area contributed by atoms with Crippen LogP contribution in [0.2, 0.25) is 0 Å². The van der Waals surface area contributed by atoms with Crippen LogP contribution in [0.25, 0.3) is 0 Å². The number of aromatic nitrogens is 3. The molecule has 1 atom stereocenters. The number of nitrogens with two attached hydrogens (primary N) is 1. The molecule has 2 heterocycles. The third-order valence-electron chi connectivity index (χ3n) is 3.95. The SMILES string of the molecule is Cn1nc([C@H]2CCCN2CCOc2ccccc2Br)nc1N. The van der Waals surface area contributed by atoms with E-state index >= 15 is 0 Å². The summed E-state index contributed by atoms with van der Waals surface area (Å²) in [5.41, 5.74) is 5.79. The molecule has 1 aromatic carbocycles. The zero-order chi connectivity index (χ0) is 15.5. The molecule has 0 unspecified atom stereocenters. The minimum Gasteiger partial charge on any atom is -0.491 e. The van der Waals surface area contributed by atoms with E-state index in [-0.39, 0.29) is 6.04 Å². The molecule has 118 valence electrons. The van der Waals surface area contributed by atoms with E-state index in [0.29, 0.717) is 12.6 Å². The van der Waals surface area contributed by atoms with Crippen molar-refractivity contribution in [2.45, 2.75) is 18.9 Å². The van der Waals surface area contributed by atoms with Gasteiger partial charge < -0.3 is 10.5 Å². The van der Waals surface area contributed by atoms with Gasteiger partial charge in [-0.15, -0.1) is 0 Å². The van der Waals surface area contributed by atoms with Crippen LogP contribution in [0.5, 0.6) is 5.75 Å². The third kappa shape index (κ3) is 3.25. The van der Waals surface area contributed by atoms with Gasteiger partial charge in [-0.05, 0) is 47.4 Å². The number of aryl methyl sites for hydroxylation is 1. The monoisotopic (exact) mass is 365 g/mol. The normalized spacial score (nSPS) is 18.7. The van der Waals surface area contributed by atoms with Crippen LogP contribution >= 0.6 is 15.9 Å². The van der Waals surface area contributed by atoms with E-state index in [1.54, 1.807) is 4.68 Å². The molecule has 6 nitrogen and oxygen atoms in total. The fraction of sp³-hybridized carbons (Fsp3) is 0.467. The van der Waals surface area contributed by atoms with Crippen LogP contribution in [0.15, 0.2) is 28.7 Å². The van der Waals surface area contributed by atoms with E-state index in [1.807, 2.05) is 31.3 Å². The van der Waals surface area contributed by atoms with E-state index in [9.17, 15) is 0 Å². The van der Waals surface area contributed by atoms with Crippen LogP contribution < -0.4 is 10.5 Å². The number of nitrogen functional groups attached to an aromatic ring is 1. The Morgan fingerprint density at radius 1 is 1.41 bits per heavy atom. The summed E-state index contributed by atoms with van der Waals surface area (Å²) in [5.74, 6) is 2.16. The Morgan fingerprint density at radius 3 is 2.95 bits per heavy atom. The van der Waals surface area contributed by atoms with E-state index in [4.69, 9.17) is 10.5 Å². The van der Waals surface area contributed by atoms with Crippen LogP contribution in [0.4, 0.5) is 5.95 Å². The molecule has 1 saturated heterocycles. The predicted molar refractivity (Wildman–Crippen MR) is 88.6 cm³/mol. The number of hydrogen-bond acceptors (Lipinski definition) is 5. The molecule has 0 saturated carbocycles. The lowest BCUT2D eigenvalue weighted by Crippen LogP contribution is -2.28. The number of halogens is 1. The molecule has 7 heteroatoms. The summed E-state index contributed by atoms with van der Waals surface area (Å²) < 4.78 is 8.46. The van der Waals surface area contributed by atoms with Gasteiger partial charge in [-0.2, -0.15) is 10.1 Å². The fourth-order valence-corrected chi connectivity index (χ4v) is 3.18. The molecule has 1 fully saturated rings. The highest BCUT2D eigenvalue weighted by molar-refractivity contribution is 9.10. The van der Waals surface area contributed by atoms with Crippen molar-refractivity contribution >= 4 is 21.9 Å². The van der Waals surface area contributed by atoms with Gasteiger partial charge in [0, 0.05) is 13.6 Å². The molecular formula is C15H20BrN5O. The van der Waals surface area contributed by atoms with E-state index in [1.165, 1.54) is 0 Å². The van der Waals surface area contributed by atoms with Crippen molar-refractivity contribution in [3.8, 4) is 5.75 Å². The average molecular weight is 366 g/mol. The fourth-order valence-electron chi connectivity index (χ4n) is 2.78. The zero-order valence-electron chi connectivity index (χ0n) is 12.6. The van der Waals surface area contributed by atoms with Crippen molar-refractivity contribution in [2.24, 2.45) is 7.05 Å². The molecule has 1 aliphatic heterocycles. The lowest BCUT2D eigenvalue weighted by molar-refractivity contribution is 0.192. The van der Waals surface area contributed by atoms with Crippen LogP contribution in [0.1, 0.15) is 24.7 Å². The highest BCUT2D eigenvalue weighted by atomic mass is 79.9. The van der Waals surface area contributed by atoms with Gasteiger partial charge in [0.2, 0.25) is 5.95 Å². The second-order valence-electron chi connectivity index (χ2n) is 5.42. The first-order valence-corrected chi connectivity index (χ1v) is 8.22. The topological polar surface area (TPSA) is 69.2 Å². The van der Waals surface area contributed by atoms with E-state index in [2.05, 4.69) is 30.9 Å². The molecule has 0 spiro atoms. The number of ether oxygens (including phenoxy) is 1. The van der Waals surface area contributed by atoms with Crippen molar-refractivity contribution in [2.75, 3.05) is 25.4 Å². The summed E-state index contributed by atoms with van der Waals surface area (Å²) in [6.07, 6.45) is 2.22. The summed E-state index contributed by atoms with van der Waals surface area (Å²) in [6, 6.07) is 8.14. The van der Waals surface area contributed by atoms with Gasteiger partial charge in [0.05, 0.1) is 10.5 Å². The molecule has 2 aromatic rings. The molecule has 3 rings (SSSR count). The summed E-state index contributed by atoms with van der Waals surface area (Å²) in [4.78, 5) is 6.73. The molecule has 1 aliphatic rings. The minimum absolute atomic E-state index is 0.242. The number of likely N-dealkylation sites (tertiary alicyclic amines) is 1. The molecule has 22 heavy (non-hydrogen) atoms. The lowest BCUT2D eigenvalue weighted by Gasteiger charge is -2.22. The van der Waals surface area contributed by atoms with E-state index < -0.39 is 0 Å². The van der Waals surface area contributed by atoms with Crippen molar-refractivity contribution < 1.29 is 4.74 Å². The Bertz CT molecular complexity index is 625. The standard InChI is InChI=1S/C15H20BrN5O/c1-20-15(17)18-14(19-20)12-6-4-8-21(12)9-10-22-13-7-3-2-5-11(13)16/h2-3,5,7,12H,4,6,8-10H2,1H3,(H2,17,18,19)/t12-/m1/s1. The molecule has 0 bridgehead atoms. The average Bonchev–Trinajstić information content (AvgIpc) is 3.08. The van der Waals surface area contributed by atoms with Crippen LogP contribution in [-0.4, -0.2) is 39.4 Å². The number of benzene rings is 1. The third-order valence-corrected chi connectivity index (χ3v) is 4.60. The zero-order valence-corrected chi connectivity index (χ0v) is 14.2. The van der Waals surface area contributed by atoms with Gasteiger partial charge in [-0.3, -0.25) is 4.90 Å². The van der Waals surface area contributed by atoms with Crippen molar-refractivity contribution in [3.05, 3.63) is 34.6 Å². The van der Waals surface area contributed by atoms with Crippen LogP contribution in [0, 0.1) is 0 Å². The molecule has 0 amide bonds. The van der Waals surface area contributed by atoms with Crippen LogP contribution in [-0.2, 0) is 7.05 Å². The van der Waals surface area contributed by atoms with Gasteiger partial charge in [-0.25, -0.2) is 4.68 Å². The quantitative estimate of drug-likeness (QED) is 0.880. The van der Waals surface area contributed by atoms with E-state index in [0.717, 1.165) is 42.0 Å². The number of anilines is 1. The Labute approximate surface area is 138 Å². The largest absolute Gasteiger partial charge is 0.491 e. The maximum Gasteiger partial charge on any atom is 0.218 e. The first-order valence-electron chi connectivity index (χ1n) is 7.43. The first-order chi connectivity index (χ1) is 10.6. The highest BCUT2D eigenvalue weighted by Gasteiger charge is 2.29. The van der Waals surface area contributed by atoms with Crippen molar-refractivity contribution in [1.82, 2.24) is 19.7 Å². The first kappa shape index (κ1) is 15.3. The maximum absolute atomic E-state index is 5.85. The van der Waals surface area contributed by atoms with Crippen molar-refractivity contribution in [1.29, 1.82) is 0 Å². The molecule has 0 aliphatic carbocycles. The molecular weight excluding hydrogens is 346 g/mol. The molecule has 0 radical (unpaired) electrons. The Morgan fingerprint density at radius 2 is 2.23 bits per heavy atom. The summed E-state index contributed by atoms with van der Waals surface area (Å²) in [6.45, 7) is 2.54. The van der Waals surface area contributed by atoms with Gasteiger partial charge in [0.15, 0.2) is 5.82 Å². The van der Waals surface area contributed by atoms with Gasteiger partial charge in [0.1, 0.15) is 12.4 Å². The number of rotatable bonds is 5. The summed E-state index contributed by atoms with van der Waals surface area (Å²) >= 11 is 3.49. The number of nitrogens with zero attached hydrogens (tertiary/aromatic N) is 4. The summed E-state index contributed by atoms with van der Waals surface area (Å²) in [5, 5.41) is 4.41. The minimum atomic E-state index is 0.242. The van der Waals surface area contributed by atoms with Gasteiger partial charge in [-0.1, -0.05) is 12.1 Å². The summed E-state index contributed by atoms with van der Waals surface area (Å²) in [7, 11) is 1.82. The number of hydrogen-bond donors (Lipinski definition) is 1. The Hall–Kier alpha value is -1.60.